The quantitative estimate of drug-likeness (QED) is 0.162. The van der Waals surface area contributed by atoms with Crippen LogP contribution in [0.2, 0.25) is 0 Å². The molecule has 4 N–H and O–H groups in total. The van der Waals surface area contributed by atoms with Crippen LogP contribution in [0.1, 0.15) is 36.8 Å². The number of aryl methyl sites for hydroxylation is 2. The van der Waals surface area contributed by atoms with Crippen molar-refractivity contribution in [3.05, 3.63) is 102 Å². The van der Waals surface area contributed by atoms with Crippen LogP contribution in [0, 0.1) is 5.92 Å². The Labute approximate surface area is 255 Å². The first-order valence-electron chi connectivity index (χ1n) is 14.4. The summed E-state index contributed by atoms with van der Waals surface area (Å²) < 4.78 is 0. The number of nitrogens with two attached hydrogens (primary N) is 1. The average Bonchev–Trinajstić information content (AvgIpc) is 3.02. The third-order valence-corrected chi connectivity index (χ3v) is 7.37. The molecule has 44 heavy (non-hydrogen) atoms. The number of nitrogens with zero attached hydrogens (tertiary/aromatic N) is 3. The van der Waals surface area contributed by atoms with E-state index in [1.807, 2.05) is 60.7 Å². The van der Waals surface area contributed by atoms with Crippen molar-refractivity contribution in [2.45, 2.75) is 44.6 Å². The van der Waals surface area contributed by atoms with E-state index in [1.54, 1.807) is 30.3 Å². The van der Waals surface area contributed by atoms with Gasteiger partial charge in [-0.05, 0) is 48.9 Å². The van der Waals surface area contributed by atoms with Crippen molar-refractivity contribution in [2.24, 2.45) is 16.6 Å². The smallest absolute Gasteiger partial charge is 0.329 e. The topological polar surface area (TPSA) is 162 Å². The zero-order valence-corrected chi connectivity index (χ0v) is 24.2. The van der Waals surface area contributed by atoms with Crippen LogP contribution in [-0.2, 0) is 32.0 Å². The van der Waals surface area contributed by atoms with Gasteiger partial charge >= 0.3 is 12.0 Å². The fourth-order valence-electron chi connectivity index (χ4n) is 5.05. The van der Waals surface area contributed by atoms with Gasteiger partial charge in [0.1, 0.15) is 0 Å². The number of likely N-dealkylation sites (tertiary alicyclic amines) is 1. The van der Waals surface area contributed by atoms with Crippen molar-refractivity contribution in [3.63, 3.8) is 0 Å². The number of β-lactam (4-membered cyclic amide) rings is 1. The van der Waals surface area contributed by atoms with E-state index in [-0.39, 0.29) is 44.1 Å². The summed E-state index contributed by atoms with van der Waals surface area (Å²) in [5.74, 6) is -3.97. The summed E-state index contributed by atoms with van der Waals surface area (Å²) in [7, 11) is 0. The number of nitrogens with one attached hydrogen (secondary N) is 1. The van der Waals surface area contributed by atoms with Crippen molar-refractivity contribution < 1.29 is 29.1 Å². The first-order chi connectivity index (χ1) is 21.2. The second-order valence-corrected chi connectivity index (χ2v) is 10.4. The predicted molar refractivity (Wildman–Crippen MR) is 164 cm³/mol. The zero-order valence-electron chi connectivity index (χ0n) is 24.2. The highest BCUT2D eigenvalue weighted by atomic mass is 16.4. The van der Waals surface area contributed by atoms with Crippen LogP contribution in [0.25, 0.3) is 0 Å². The Morgan fingerprint density at radius 3 is 1.95 bits per heavy atom. The molecule has 1 fully saturated rings. The highest BCUT2D eigenvalue weighted by Crippen LogP contribution is 2.32. The summed E-state index contributed by atoms with van der Waals surface area (Å²) in [5, 5.41) is 12.3. The van der Waals surface area contributed by atoms with Crippen LogP contribution >= 0.6 is 0 Å². The Balaban J connectivity index is 1.39. The maximum absolute atomic E-state index is 13.3. The van der Waals surface area contributed by atoms with E-state index in [0.29, 0.717) is 23.4 Å². The Kier molecular flexibility index (Phi) is 10.9. The van der Waals surface area contributed by atoms with Crippen LogP contribution in [0.4, 0.5) is 10.5 Å². The molecule has 228 valence electrons. The van der Waals surface area contributed by atoms with Crippen LogP contribution in [0.15, 0.2) is 96.0 Å². The Morgan fingerprint density at radius 2 is 1.39 bits per heavy atom. The van der Waals surface area contributed by atoms with E-state index in [2.05, 4.69) is 10.3 Å². The minimum absolute atomic E-state index is 0.0151. The number of carboxylic acid groups (broad SMARTS) is 1. The van der Waals surface area contributed by atoms with Gasteiger partial charge < -0.3 is 16.2 Å². The Bertz CT molecular complexity index is 1500. The highest BCUT2D eigenvalue weighted by molar-refractivity contribution is 6.11. The number of hydrogen-bond donors (Lipinski definition) is 3. The molecule has 4 rings (SSSR count). The zero-order chi connectivity index (χ0) is 31.5. The Morgan fingerprint density at radius 1 is 0.841 bits per heavy atom. The van der Waals surface area contributed by atoms with E-state index in [9.17, 15) is 29.1 Å². The lowest BCUT2D eigenvalue weighted by molar-refractivity contribution is -0.165. The number of guanidine groups is 1. The molecule has 3 aromatic carbocycles. The van der Waals surface area contributed by atoms with Crippen molar-refractivity contribution in [2.75, 3.05) is 11.9 Å². The molecule has 0 bridgehead atoms. The molecule has 1 aliphatic rings. The molecule has 2 unspecified atom stereocenters. The molecule has 0 aliphatic carbocycles. The minimum Gasteiger partial charge on any atom is -0.480 e. The summed E-state index contributed by atoms with van der Waals surface area (Å²) in [4.78, 5) is 69.3. The molecule has 1 heterocycles. The molecule has 11 heteroatoms. The number of carbonyl (C=O) groups is 5. The highest BCUT2D eigenvalue weighted by Gasteiger charge is 2.54. The average molecular weight is 598 g/mol. The first-order valence-corrected chi connectivity index (χ1v) is 14.4. The third-order valence-electron chi connectivity index (χ3n) is 7.37. The summed E-state index contributed by atoms with van der Waals surface area (Å²) in [6.07, 6.45) is 1.40. The van der Waals surface area contributed by atoms with E-state index in [4.69, 9.17) is 5.73 Å². The van der Waals surface area contributed by atoms with Crippen molar-refractivity contribution >= 4 is 41.4 Å². The largest absolute Gasteiger partial charge is 0.480 e. The third kappa shape index (κ3) is 8.37. The molecule has 0 aromatic heterocycles. The summed E-state index contributed by atoms with van der Waals surface area (Å²) in [6, 6.07) is 25.1. The Hall–Kier alpha value is -5.32. The standard InChI is InChI=1S/C33H35N5O6/c34-32(36-27(39)20-18-23-11-4-1-5-12-23)37(28(40)21-19-24-13-6-2-7-14-24)22-10-17-26-29(31(42)43)38(30(26)41)33(44)35-25-15-8-3-9-16-25/h1-9,11-16,26,29H,10,17-22H2,(H,35,44)(H,42,43)(H2,34,36,39). The maximum atomic E-state index is 13.3. The monoisotopic (exact) mass is 597 g/mol. The maximum Gasteiger partial charge on any atom is 0.329 e. The molecule has 1 saturated heterocycles. The number of urea groups is 1. The number of rotatable bonds is 12. The van der Waals surface area contributed by atoms with Crippen LogP contribution in [0.5, 0.6) is 0 Å². The lowest BCUT2D eigenvalue weighted by Gasteiger charge is -2.42. The molecule has 11 nitrogen and oxygen atoms in total. The SMILES string of the molecule is NC(=NC(=O)CCc1ccccc1)N(CCCC1C(=O)N(C(=O)Nc2ccccc2)C1C(=O)O)C(=O)CCc1ccccc1. The van der Waals surface area contributed by atoms with Gasteiger partial charge in [-0.15, -0.1) is 0 Å². The normalized spacial score (nSPS) is 16.1. The van der Waals surface area contributed by atoms with Gasteiger partial charge in [-0.3, -0.25) is 19.3 Å². The van der Waals surface area contributed by atoms with Gasteiger partial charge in [-0.25, -0.2) is 14.5 Å². The van der Waals surface area contributed by atoms with E-state index in [0.717, 1.165) is 11.1 Å². The number of imide groups is 1. The number of anilines is 1. The second kappa shape index (κ2) is 15.2. The van der Waals surface area contributed by atoms with Crippen molar-refractivity contribution in [1.82, 2.24) is 9.80 Å². The van der Waals surface area contributed by atoms with Gasteiger partial charge in [0.25, 0.3) is 0 Å². The van der Waals surface area contributed by atoms with Crippen LogP contribution in [-0.4, -0.2) is 63.2 Å². The van der Waals surface area contributed by atoms with E-state index in [1.165, 1.54) is 4.90 Å². The number of aliphatic imine (C=N–C) groups is 1. The summed E-state index contributed by atoms with van der Waals surface area (Å²) in [5.41, 5.74) is 8.52. The number of carbonyl (C=O) groups excluding carboxylic acids is 4. The van der Waals surface area contributed by atoms with Crippen LogP contribution in [0.3, 0.4) is 0 Å². The van der Waals surface area contributed by atoms with Gasteiger partial charge in [0.05, 0.1) is 5.92 Å². The van der Waals surface area contributed by atoms with Crippen molar-refractivity contribution in [3.8, 4) is 0 Å². The number of carboxylic acids is 1. The van der Waals surface area contributed by atoms with E-state index < -0.39 is 35.8 Å². The molecule has 2 atom stereocenters. The number of benzene rings is 3. The number of hydrogen-bond acceptors (Lipinski definition) is 5. The van der Waals surface area contributed by atoms with Gasteiger partial charge in [0, 0.05) is 25.1 Å². The molecule has 0 radical (unpaired) electrons. The molecule has 1 aliphatic heterocycles. The van der Waals surface area contributed by atoms with Gasteiger partial charge in [-0.1, -0.05) is 78.9 Å². The van der Waals surface area contributed by atoms with Crippen LogP contribution < -0.4 is 11.1 Å². The fraction of sp³-hybridized carbons (Fsp3) is 0.273. The molecular weight excluding hydrogens is 562 g/mol. The van der Waals surface area contributed by atoms with Gasteiger partial charge in [-0.2, -0.15) is 4.99 Å². The fourth-order valence-corrected chi connectivity index (χ4v) is 5.05. The molecule has 3 aromatic rings. The van der Waals surface area contributed by atoms with Gasteiger partial charge in [0.15, 0.2) is 6.04 Å². The number of amides is 5. The van der Waals surface area contributed by atoms with E-state index >= 15 is 0 Å². The molecule has 0 saturated carbocycles. The second-order valence-electron chi connectivity index (χ2n) is 10.4. The minimum atomic E-state index is -1.35. The predicted octanol–water partition coefficient (Wildman–Crippen LogP) is 3.85. The molecule has 0 spiro atoms. The van der Waals surface area contributed by atoms with Gasteiger partial charge in [0.2, 0.25) is 23.7 Å². The lowest BCUT2D eigenvalue weighted by atomic mass is 9.84. The number of para-hydroxylation sites is 1. The molecular formula is C33H35N5O6. The summed E-state index contributed by atoms with van der Waals surface area (Å²) in [6.45, 7) is 0.0151. The first kappa shape index (κ1) is 31.6. The molecule has 5 amide bonds. The number of aliphatic carboxylic acids is 1. The summed E-state index contributed by atoms with van der Waals surface area (Å²) >= 11 is 0. The lowest BCUT2D eigenvalue weighted by Crippen LogP contribution is -2.67. The van der Waals surface area contributed by atoms with Crippen molar-refractivity contribution in [1.29, 1.82) is 0 Å².